The molecular formula is C20H23N5O. The maximum atomic E-state index is 12.3. The van der Waals surface area contributed by atoms with Crippen LogP contribution in [0.2, 0.25) is 0 Å². The van der Waals surface area contributed by atoms with E-state index >= 15 is 0 Å². The topological polar surface area (TPSA) is 73.9 Å². The van der Waals surface area contributed by atoms with Gasteiger partial charge < -0.3 is 15.2 Å². The van der Waals surface area contributed by atoms with Crippen LogP contribution in [0.15, 0.2) is 48.9 Å². The molecule has 3 heterocycles. The number of carbonyl (C=O) groups is 1. The van der Waals surface area contributed by atoms with Gasteiger partial charge in [-0.25, -0.2) is 9.97 Å². The number of nitrogens with zero attached hydrogens (tertiary/aromatic N) is 3. The summed E-state index contributed by atoms with van der Waals surface area (Å²) in [6.45, 7) is 1.74. The highest BCUT2D eigenvalue weighted by Gasteiger charge is 2.23. The third-order valence-corrected chi connectivity index (χ3v) is 4.90. The molecule has 1 amide bonds. The van der Waals surface area contributed by atoms with Crippen LogP contribution in [0.4, 0.5) is 5.82 Å². The van der Waals surface area contributed by atoms with E-state index in [1.807, 2.05) is 30.5 Å². The number of benzene rings is 1. The largest absolute Gasteiger partial charge is 0.354 e. The number of hydrogen-bond donors (Lipinski definition) is 2. The molecule has 1 atom stereocenters. The fourth-order valence-corrected chi connectivity index (χ4v) is 3.60. The van der Waals surface area contributed by atoms with E-state index in [1.165, 1.54) is 5.56 Å². The van der Waals surface area contributed by atoms with Crippen LogP contribution in [0.1, 0.15) is 24.8 Å². The summed E-state index contributed by atoms with van der Waals surface area (Å²) in [6, 6.07) is 12.3. The molecule has 1 aliphatic rings. The first-order valence-electron chi connectivity index (χ1n) is 9.16. The number of aromatic amines is 1. The standard InChI is InChI=1S/C20H23N5O/c26-18(9-8-15-5-2-1-3-6-15)24-16-7-4-12-25(13-16)20-17-10-11-21-19(17)22-14-23-20/h1-3,5-6,10-11,14,16H,4,7-9,12-13H2,(H,24,26)(H,21,22,23)/t16-/m1/s1. The third kappa shape index (κ3) is 3.69. The summed E-state index contributed by atoms with van der Waals surface area (Å²) in [5.41, 5.74) is 2.05. The molecule has 3 aromatic rings. The van der Waals surface area contributed by atoms with Crippen LogP contribution >= 0.6 is 0 Å². The average molecular weight is 349 g/mol. The molecule has 6 nitrogen and oxygen atoms in total. The van der Waals surface area contributed by atoms with Crippen LogP contribution in [0.5, 0.6) is 0 Å². The summed E-state index contributed by atoms with van der Waals surface area (Å²) < 4.78 is 0. The van der Waals surface area contributed by atoms with Crippen molar-refractivity contribution in [2.24, 2.45) is 0 Å². The van der Waals surface area contributed by atoms with Gasteiger partial charge >= 0.3 is 0 Å². The van der Waals surface area contributed by atoms with Crippen molar-refractivity contribution in [3.63, 3.8) is 0 Å². The average Bonchev–Trinajstić information content (AvgIpc) is 3.16. The second-order valence-electron chi connectivity index (χ2n) is 6.78. The highest BCUT2D eigenvalue weighted by atomic mass is 16.1. The number of piperidine rings is 1. The smallest absolute Gasteiger partial charge is 0.220 e. The van der Waals surface area contributed by atoms with Gasteiger partial charge in [0.15, 0.2) is 0 Å². The number of hydrogen-bond acceptors (Lipinski definition) is 4. The fourth-order valence-electron chi connectivity index (χ4n) is 3.60. The number of fused-ring (bicyclic) bond motifs is 1. The molecule has 6 heteroatoms. The minimum Gasteiger partial charge on any atom is -0.354 e. The molecular weight excluding hydrogens is 326 g/mol. The van der Waals surface area contributed by atoms with E-state index < -0.39 is 0 Å². The number of anilines is 1. The Morgan fingerprint density at radius 2 is 2.12 bits per heavy atom. The summed E-state index contributed by atoms with van der Waals surface area (Å²) in [7, 11) is 0. The SMILES string of the molecule is O=C(CCc1ccccc1)N[C@@H]1CCCN(c2ncnc3[nH]ccc23)C1. The van der Waals surface area contributed by atoms with Gasteiger partial charge in [-0.2, -0.15) is 0 Å². The van der Waals surface area contributed by atoms with Crippen LogP contribution in [0.25, 0.3) is 11.0 Å². The zero-order valence-electron chi connectivity index (χ0n) is 14.7. The Hall–Kier alpha value is -2.89. The van der Waals surface area contributed by atoms with E-state index in [0.29, 0.717) is 6.42 Å². The van der Waals surface area contributed by atoms with Crippen LogP contribution < -0.4 is 10.2 Å². The van der Waals surface area contributed by atoms with Gasteiger partial charge in [-0.1, -0.05) is 30.3 Å². The van der Waals surface area contributed by atoms with Crippen molar-refractivity contribution < 1.29 is 4.79 Å². The first-order valence-corrected chi connectivity index (χ1v) is 9.16. The summed E-state index contributed by atoms with van der Waals surface area (Å²) in [5.74, 6) is 1.06. The van der Waals surface area contributed by atoms with Crippen LogP contribution in [-0.2, 0) is 11.2 Å². The van der Waals surface area contributed by atoms with E-state index in [4.69, 9.17) is 0 Å². The van der Waals surface area contributed by atoms with E-state index in [2.05, 4.69) is 37.3 Å². The third-order valence-electron chi connectivity index (χ3n) is 4.90. The highest BCUT2D eigenvalue weighted by Crippen LogP contribution is 2.25. The van der Waals surface area contributed by atoms with Crippen molar-refractivity contribution in [3.05, 3.63) is 54.5 Å². The first kappa shape index (κ1) is 16.6. The molecule has 0 saturated carbocycles. The normalized spacial score (nSPS) is 17.4. The summed E-state index contributed by atoms with van der Waals surface area (Å²) in [5, 5.41) is 4.23. The van der Waals surface area contributed by atoms with Gasteiger partial charge in [0.2, 0.25) is 5.91 Å². The number of H-pyrrole nitrogens is 1. The molecule has 26 heavy (non-hydrogen) atoms. The lowest BCUT2D eigenvalue weighted by Crippen LogP contribution is -2.48. The molecule has 2 N–H and O–H groups in total. The van der Waals surface area contributed by atoms with Gasteiger partial charge in [-0.05, 0) is 30.9 Å². The van der Waals surface area contributed by atoms with Crippen molar-refractivity contribution in [3.8, 4) is 0 Å². The molecule has 1 aromatic carbocycles. The molecule has 0 unspecified atom stereocenters. The second kappa shape index (κ2) is 7.56. The molecule has 4 rings (SSSR count). The molecule has 2 aromatic heterocycles. The number of aryl methyl sites for hydroxylation is 1. The van der Waals surface area contributed by atoms with Crippen molar-refractivity contribution in [1.29, 1.82) is 0 Å². The Morgan fingerprint density at radius 3 is 3.00 bits per heavy atom. The minimum atomic E-state index is 0.121. The summed E-state index contributed by atoms with van der Waals surface area (Å²) >= 11 is 0. The Morgan fingerprint density at radius 1 is 1.23 bits per heavy atom. The quantitative estimate of drug-likeness (QED) is 0.743. The first-order chi connectivity index (χ1) is 12.8. The predicted octanol–water partition coefficient (Wildman–Crippen LogP) is 2.68. The summed E-state index contributed by atoms with van der Waals surface area (Å²) in [6.07, 6.45) is 6.83. The Labute approximate surface area is 152 Å². The molecule has 134 valence electrons. The van der Waals surface area contributed by atoms with Gasteiger partial charge in [0.05, 0.1) is 5.39 Å². The Balaban J connectivity index is 1.36. The number of nitrogens with one attached hydrogen (secondary N) is 2. The van der Waals surface area contributed by atoms with Gasteiger partial charge in [-0.15, -0.1) is 0 Å². The fraction of sp³-hybridized carbons (Fsp3) is 0.350. The van der Waals surface area contributed by atoms with E-state index in [0.717, 1.165) is 49.2 Å². The lowest BCUT2D eigenvalue weighted by molar-refractivity contribution is -0.121. The monoisotopic (exact) mass is 349 g/mol. The van der Waals surface area contributed by atoms with Crippen LogP contribution in [-0.4, -0.2) is 40.0 Å². The van der Waals surface area contributed by atoms with Crippen LogP contribution in [0, 0.1) is 0 Å². The minimum absolute atomic E-state index is 0.121. The van der Waals surface area contributed by atoms with E-state index in [-0.39, 0.29) is 11.9 Å². The number of amides is 1. The van der Waals surface area contributed by atoms with Gasteiger partial charge in [0.25, 0.3) is 0 Å². The van der Waals surface area contributed by atoms with Gasteiger partial charge in [0, 0.05) is 31.7 Å². The Bertz CT molecular complexity index is 876. The maximum absolute atomic E-state index is 12.3. The highest BCUT2D eigenvalue weighted by molar-refractivity contribution is 5.87. The zero-order valence-corrected chi connectivity index (χ0v) is 14.7. The van der Waals surface area contributed by atoms with Crippen molar-refractivity contribution >= 4 is 22.8 Å². The van der Waals surface area contributed by atoms with E-state index in [9.17, 15) is 4.79 Å². The predicted molar refractivity (Wildman–Crippen MR) is 102 cm³/mol. The maximum Gasteiger partial charge on any atom is 0.220 e. The molecule has 0 aliphatic carbocycles. The zero-order chi connectivity index (χ0) is 17.8. The second-order valence-corrected chi connectivity index (χ2v) is 6.78. The number of carbonyl (C=O) groups excluding carboxylic acids is 1. The van der Waals surface area contributed by atoms with Gasteiger partial charge in [0.1, 0.15) is 17.8 Å². The van der Waals surface area contributed by atoms with E-state index in [1.54, 1.807) is 6.33 Å². The molecule has 0 radical (unpaired) electrons. The van der Waals surface area contributed by atoms with Gasteiger partial charge in [-0.3, -0.25) is 4.79 Å². The number of rotatable bonds is 5. The number of aromatic nitrogens is 3. The molecule has 0 spiro atoms. The van der Waals surface area contributed by atoms with Crippen LogP contribution in [0.3, 0.4) is 0 Å². The van der Waals surface area contributed by atoms with Crippen molar-refractivity contribution in [1.82, 2.24) is 20.3 Å². The van der Waals surface area contributed by atoms with Crippen molar-refractivity contribution in [2.75, 3.05) is 18.0 Å². The molecule has 1 aliphatic heterocycles. The Kier molecular flexibility index (Phi) is 4.82. The molecule has 0 bridgehead atoms. The lowest BCUT2D eigenvalue weighted by Gasteiger charge is -2.34. The molecule has 1 saturated heterocycles. The summed E-state index contributed by atoms with van der Waals surface area (Å²) in [4.78, 5) is 26.4. The molecule has 1 fully saturated rings. The van der Waals surface area contributed by atoms with Crippen molar-refractivity contribution in [2.45, 2.75) is 31.7 Å². The lowest BCUT2D eigenvalue weighted by atomic mass is 10.0.